The monoisotopic (exact) mass is 390 g/mol. The van der Waals surface area contributed by atoms with Gasteiger partial charge in [0.05, 0.1) is 11.8 Å². The number of amides is 2. The summed E-state index contributed by atoms with van der Waals surface area (Å²) in [5.74, 6) is -2.94. The Morgan fingerprint density at radius 3 is 2.28 bits per heavy atom. The number of carboxylic acids is 1. The van der Waals surface area contributed by atoms with Gasteiger partial charge in [-0.3, -0.25) is 14.4 Å². The molecule has 2 aromatic carbocycles. The molecule has 1 fully saturated rings. The van der Waals surface area contributed by atoms with E-state index in [1.165, 1.54) is 0 Å². The van der Waals surface area contributed by atoms with Crippen molar-refractivity contribution in [2.24, 2.45) is 23.7 Å². The summed E-state index contributed by atoms with van der Waals surface area (Å²) in [5.41, 5.74) is 2.30. The Balaban J connectivity index is 1.53. The van der Waals surface area contributed by atoms with Gasteiger partial charge in [-0.25, -0.2) is 0 Å². The van der Waals surface area contributed by atoms with Crippen LogP contribution in [0.2, 0.25) is 0 Å². The molecule has 6 heteroatoms. The maximum Gasteiger partial charge on any atom is 0.307 e. The van der Waals surface area contributed by atoms with Crippen molar-refractivity contribution in [3.8, 4) is 0 Å². The van der Waals surface area contributed by atoms with Gasteiger partial charge in [0.15, 0.2) is 0 Å². The number of hydrogen-bond donors (Lipinski definition) is 3. The summed E-state index contributed by atoms with van der Waals surface area (Å²) in [4.78, 5) is 37.3. The standard InChI is InChI=1S/C23H22N2O4/c1-13-17(21(26)24-16-6-3-2-4-7-16)8-5-9-18(13)25-22(27)19-14-10-11-15(12-14)20(19)23(28)29/h2-11,14-15,19-20H,12H2,1H3,(H,24,26)(H,25,27)(H,28,29). The highest BCUT2D eigenvalue weighted by Gasteiger charge is 2.51. The smallest absolute Gasteiger partial charge is 0.307 e. The van der Waals surface area contributed by atoms with Crippen LogP contribution >= 0.6 is 0 Å². The predicted octanol–water partition coefficient (Wildman–Crippen LogP) is 3.71. The molecule has 29 heavy (non-hydrogen) atoms. The fourth-order valence-electron chi connectivity index (χ4n) is 4.47. The highest BCUT2D eigenvalue weighted by atomic mass is 16.4. The Bertz CT molecular complexity index is 999. The van der Waals surface area contributed by atoms with Crippen molar-refractivity contribution in [2.75, 3.05) is 10.6 Å². The van der Waals surface area contributed by atoms with Crippen LogP contribution in [-0.4, -0.2) is 22.9 Å². The Kier molecular flexibility index (Phi) is 4.92. The molecule has 3 N–H and O–H groups in total. The third-order valence-corrected chi connectivity index (χ3v) is 5.92. The molecule has 2 aliphatic rings. The molecule has 2 aliphatic carbocycles. The summed E-state index contributed by atoms with van der Waals surface area (Å²) < 4.78 is 0. The van der Waals surface area contributed by atoms with E-state index in [4.69, 9.17) is 0 Å². The molecular formula is C23H22N2O4. The fourth-order valence-corrected chi connectivity index (χ4v) is 4.47. The average Bonchev–Trinajstić information content (AvgIpc) is 3.32. The lowest BCUT2D eigenvalue weighted by Crippen LogP contribution is -2.36. The Morgan fingerprint density at radius 2 is 1.59 bits per heavy atom. The van der Waals surface area contributed by atoms with Gasteiger partial charge in [-0.1, -0.05) is 36.4 Å². The summed E-state index contributed by atoms with van der Waals surface area (Å²) >= 11 is 0. The zero-order valence-corrected chi connectivity index (χ0v) is 16.0. The molecule has 2 bridgehead atoms. The zero-order chi connectivity index (χ0) is 20.5. The van der Waals surface area contributed by atoms with Crippen molar-refractivity contribution in [1.82, 2.24) is 0 Å². The van der Waals surface area contributed by atoms with E-state index >= 15 is 0 Å². The van der Waals surface area contributed by atoms with Crippen LogP contribution in [0.25, 0.3) is 0 Å². The molecule has 0 heterocycles. The lowest BCUT2D eigenvalue weighted by atomic mass is 9.82. The molecule has 0 radical (unpaired) electrons. The van der Waals surface area contributed by atoms with Crippen LogP contribution in [0.3, 0.4) is 0 Å². The molecule has 4 rings (SSSR count). The van der Waals surface area contributed by atoms with Gasteiger partial charge in [0.25, 0.3) is 5.91 Å². The third-order valence-electron chi connectivity index (χ3n) is 5.92. The molecule has 0 aliphatic heterocycles. The van der Waals surface area contributed by atoms with E-state index in [9.17, 15) is 19.5 Å². The molecule has 148 valence electrons. The second kappa shape index (κ2) is 7.54. The highest BCUT2D eigenvalue weighted by Crippen LogP contribution is 2.48. The van der Waals surface area contributed by atoms with E-state index in [0.717, 1.165) is 0 Å². The lowest BCUT2D eigenvalue weighted by Gasteiger charge is -2.24. The quantitative estimate of drug-likeness (QED) is 0.678. The van der Waals surface area contributed by atoms with Gasteiger partial charge in [-0.15, -0.1) is 0 Å². The molecule has 4 atom stereocenters. The van der Waals surface area contributed by atoms with Crippen LogP contribution in [0.4, 0.5) is 11.4 Å². The molecule has 0 spiro atoms. The number of aliphatic carboxylic acids is 1. The number of benzene rings is 2. The first-order chi connectivity index (χ1) is 14.0. The van der Waals surface area contributed by atoms with Gasteiger partial charge in [0.1, 0.15) is 0 Å². The topological polar surface area (TPSA) is 95.5 Å². The van der Waals surface area contributed by atoms with Gasteiger partial charge >= 0.3 is 5.97 Å². The number of allylic oxidation sites excluding steroid dienone is 2. The van der Waals surface area contributed by atoms with Gasteiger partial charge in [-0.05, 0) is 55.0 Å². The van der Waals surface area contributed by atoms with E-state index in [1.54, 1.807) is 37.3 Å². The third kappa shape index (κ3) is 3.53. The number of carboxylic acid groups (broad SMARTS) is 1. The van der Waals surface area contributed by atoms with Crippen molar-refractivity contribution < 1.29 is 19.5 Å². The minimum absolute atomic E-state index is 0.0500. The van der Waals surface area contributed by atoms with Crippen LogP contribution in [-0.2, 0) is 9.59 Å². The summed E-state index contributed by atoms with van der Waals surface area (Å²) in [7, 11) is 0. The lowest BCUT2D eigenvalue weighted by molar-refractivity contribution is -0.146. The van der Waals surface area contributed by atoms with Crippen LogP contribution in [0.15, 0.2) is 60.7 Å². The van der Waals surface area contributed by atoms with E-state index in [2.05, 4.69) is 10.6 Å². The van der Waals surface area contributed by atoms with Crippen molar-refractivity contribution in [3.63, 3.8) is 0 Å². The van der Waals surface area contributed by atoms with Crippen molar-refractivity contribution in [1.29, 1.82) is 0 Å². The van der Waals surface area contributed by atoms with E-state index in [-0.39, 0.29) is 23.7 Å². The van der Waals surface area contributed by atoms with Gasteiger partial charge in [-0.2, -0.15) is 0 Å². The van der Waals surface area contributed by atoms with Crippen LogP contribution in [0.5, 0.6) is 0 Å². The summed E-state index contributed by atoms with van der Waals surface area (Å²) in [6, 6.07) is 14.3. The molecular weight excluding hydrogens is 368 g/mol. The zero-order valence-electron chi connectivity index (χ0n) is 16.0. The summed E-state index contributed by atoms with van der Waals surface area (Å²) in [6.45, 7) is 1.77. The van der Waals surface area contributed by atoms with Gasteiger partial charge < -0.3 is 15.7 Å². The Hall–Kier alpha value is -3.41. The number of para-hydroxylation sites is 1. The fraction of sp³-hybridized carbons (Fsp3) is 0.261. The number of carbonyl (C=O) groups excluding carboxylic acids is 2. The minimum atomic E-state index is -0.935. The molecule has 0 saturated heterocycles. The maximum atomic E-state index is 12.9. The predicted molar refractivity (Wildman–Crippen MR) is 110 cm³/mol. The van der Waals surface area contributed by atoms with Crippen LogP contribution < -0.4 is 10.6 Å². The molecule has 4 unspecified atom stereocenters. The Morgan fingerprint density at radius 1 is 0.897 bits per heavy atom. The second-order valence-electron chi connectivity index (χ2n) is 7.63. The van der Waals surface area contributed by atoms with Crippen molar-refractivity contribution in [3.05, 3.63) is 71.8 Å². The number of rotatable bonds is 5. The van der Waals surface area contributed by atoms with Crippen molar-refractivity contribution >= 4 is 29.2 Å². The van der Waals surface area contributed by atoms with Crippen LogP contribution in [0, 0.1) is 30.6 Å². The first-order valence-electron chi connectivity index (χ1n) is 9.63. The first kappa shape index (κ1) is 18.9. The van der Waals surface area contributed by atoms with Gasteiger partial charge in [0.2, 0.25) is 5.91 Å². The largest absolute Gasteiger partial charge is 0.481 e. The number of hydrogen-bond acceptors (Lipinski definition) is 3. The van der Waals surface area contributed by atoms with E-state index in [1.807, 2.05) is 30.4 Å². The highest BCUT2D eigenvalue weighted by molar-refractivity contribution is 6.07. The molecule has 6 nitrogen and oxygen atoms in total. The second-order valence-corrected chi connectivity index (χ2v) is 7.63. The SMILES string of the molecule is Cc1c(NC(=O)C2C3C=CC(C3)C2C(=O)O)cccc1C(=O)Nc1ccccc1. The molecule has 0 aromatic heterocycles. The summed E-state index contributed by atoms with van der Waals surface area (Å²) in [6.07, 6.45) is 4.56. The van der Waals surface area contributed by atoms with Gasteiger partial charge in [0, 0.05) is 16.9 Å². The number of fused-ring (bicyclic) bond motifs is 2. The van der Waals surface area contributed by atoms with E-state index in [0.29, 0.717) is 28.9 Å². The van der Waals surface area contributed by atoms with Crippen LogP contribution in [0.1, 0.15) is 22.3 Å². The normalized spacial score (nSPS) is 24.3. The molecule has 2 aromatic rings. The minimum Gasteiger partial charge on any atom is -0.481 e. The Labute approximate surface area is 168 Å². The maximum absolute atomic E-state index is 12.9. The molecule has 1 saturated carbocycles. The average molecular weight is 390 g/mol. The first-order valence-corrected chi connectivity index (χ1v) is 9.63. The summed E-state index contributed by atoms with van der Waals surface area (Å²) in [5, 5.41) is 15.3. The number of carbonyl (C=O) groups is 3. The van der Waals surface area contributed by atoms with Crippen molar-refractivity contribution in [2.45, 2.75) is 13.3 Å². The molecule has 2 amide bonds. The van der Waals surface area contributed by atoms with E-state index < -0.39 is 17.8 Å². The number of nitrogens with one attached hydrogen (secondary N) is 2. The number of anilines is 2.